The maximum atomic E-state index is 9.45. The van der Waals surface area contributed by atoms with Gasteiger partial charge in [-0.15, -0.1) is 5.10 Å². The summed E-state index contributed by atoms with van der Waals surface area (Å²) in [5.41, 5.74) is 10.6. The molecule has 1 aliphatic rings. The Hall–Kier alpha value is -2.49. The minimum atomic E-state index is 0.407. The summed E-state index contributed by atoms with van der Waals surface area (Å²) in [4.78, 5) is 2.05. The Morgan fingerprint density at radius 2 is 1.89 bits per heavy atom. The van der Waals surface area contributed by atoms with Crippen LogP contribution < -0.4 is 15.8 Å². The Bertz CT molecular complexity index is 814. The SMILES string of the molecule is Cc1nnc(N(C)CCCCCC2CC(c3ccccc3)NN2)c(C#N)c1C. The van der Waals surface area contributed by atoms with Crippen LogP contribution in [0.1, 0.15) is 60.5 Å². The van der Waals surface area contributed by atoms with Crippen LogP contribution in [0, 0.1) is 25.2 Å². The summed E-state index contributed by atoms with van der Waals surface area (Å²) in [5, 5.41) is 17.9. The molecule has 1 aromatic carbocycles. The molecular formula is C22H30N6. The van der Waals surface area contributed by atoms with Gasteiger partial charge in [-0.2, -0.15) is 10.4 Å². The van der Waals surface area contributed by atoms with Gasteiger partial charge >= 0.3 is 0 Å². The summed E-state index contributed by atoms with van der Waals surface area (Å²) in [6, 6.07) is 13.8. The fraction of sp³-hybridized carbons (Fsp3) is 0.500. The molecule has 6 heteroatoms. The van der Waals surface area contributed by atoms with Gasteiger partial charge in [0.15, 0.2) is 5.82 Å². The molecular weight excluding hydrogens is 348 g/mol. The molecule has 1 fully saturated rings. The molecule has 0 aliphatic carbocycles. The number of unbranched alkanes of at least 4 members (excludes halogenated alkanes) is 2. The molecule has 0 bridgehead atoms. The van der Waals surface area contributed by atoms with Gasteiger partial charge in [-0.25, -0.2) is 0 Å². The van der Waals surface area contributed by atoms with Gasteiger partial charge in [0.05, 0.1) is 5.69 Å². The molecule has 6 nitrogen and oxygen atoms in total. The smallest absolute Gasteiger partial charge is 0.169 e. The average molecular weight is 379 g/mol. The van der Waals surface area contributed by atoms with Crippen molar-refractivity contribution in [3.8, 4) is 6.07 Å². The average Bonchev–Trinajstić information content (AvgIpc) is 3.19. The van der Waals surface area contributed by atoms with Crippen LogP contribution in [0.2, 0.25) is 0 Å². The van der Waals surface area contributed by atoms with Crippen LogP contribution in [-0.2, 0) is 0 Å². The van der Waals surface area contributed by atoms with Gasteiger partial charge in [0.25, 0.3) is 0 Å². The summed E-state index contributed by atoms with van der Waals surface area (Å²) in [6.07, 6.45) is 5.75. The Balaban J connectivity index is 1.39. The van der Waals surface area contributed by atoms with Crippen molar-refractivity contribution in [1.29, 1.82) is 5.26 Å². The van der Waals surface area contributed by atoms with E-state index in [0.717, 1.165) is 30.6 Å². The lowest BCUT2D eigenvalue weighted by Gasteiger charge is -2.20. The number of nitriles is 1. The summed E-state index contributed by atoms with van der Waals surface area (Å²) >= 11 is 0. The van der Waals surface area contributed by atoms with Crippen LogP contribution >= 0.6 is 0 Å². The minimum absolute atomic E-state index is 0.407. The molecule has 0 radical (unpaired) electrons. The van der Waals surface area contributed by atoms with Gasteiger partial charge in [0.1, 0.15) is 11.6 Å². The Labute approximate surface area is 167 Å². The molecule has 0 spiro atoms. The molecule has 2 aromatic rings. The first-order valence-corrected chi connectivity index (χ1v) is 10.1. The molecule has 1 aromatic heterocycles. The lowest BCUT2D eigenvalue weighted by Crippen LogP contribution is -2.30. The van der Waals surface area contributed by atoms with Crippen LogP contribution in [0.3, 0.4) is 0 Å². The first-order chi connectivity index (χ1) is 13.6. The fourth-order valence-corrected chi connectivity index (χ4v) is 3.74. The Kier molecular flexibility index (Phi) is 6.96. The number of nitrogens with zero attached hydrogens (tertiary/aromatic N) is 4. The monoisotopic (exact) mass is 378 g/mol. The van der Waals surface area contributed by atoms with Crippen LogP contribution in [-0.4, -0.2) is 29.8 Å². The van der Waals surface area contributed by atoms with E-state index in [9.17, 15) is 5.26 Å². The second kappa shape index (κ2) is 9.63. The zero-order valence-electron chi connectivity index (χ0n) is 17.1. The Morgan fingerprint density at radius 1 is 1.11 bits per heavy atom. The second-order valence-electron chi connectivity index (χ2n) is 7.68. The van der Waals surface area contributed by atoms with Crippen molar-refractivity contribution in [2.75, 3.05) is 18.5 Å². The lowest BCUT2D eigenvalue weighted by molar-refractivity contribution is 0.488. The van der Waals surface area contributed by atoms with Gasteiger partial charge in [-0.05, 0) is 44.2 Å². The van der Waals surface area contributed by atoms with Crippen LogP contribution in [0.25, 0.3) is 0 Å². The highest BCUT2D eigenvalue weighted by atomic mass is 15.4. The third-order valence-electron chi connectivity index (χ3n) is 5.64. The van der Waals surface area contributed by atoms with E-state index < -0.39 is 0 Å². The minimum Gasteiger partial charge on any atom is -0.357 e. The lowest BCUT2D eigenvalue weighted by atomic mass is 9.99. The normalized spacial score (nSPS) is 18.8. The number of aryl methyl sites for hydroxylation is 1. The third-order valence-corrected chi connectivity index (χ3v) is 5.64. The van der Waals surface area contributed by atoms with Crippen molar-refractivity contribution >= 4 is 5.82 Å². The van der Waals surface area contributed by atoms with Gasteiger partial charge in [0, 0.05) is 25.7 Å². The predicted molar refractivity (Wildman–Crippen MR) is 112 cm³/mol. The maximum absolute atomic E-state index is 9.45. The van der Waals surface area contributed by atoms with Crippen LogP contribution in [0.4, 0.5) is 5.82 Å². The van der Waals surface area contributed by atoms with E-state index in [2.05, 4.69) is 62.3 Å². The van der Waals surface area contributed by atoms with E-state index >= 15 is 0 Å². The molecule has 2 atom stereocenters. The second-order valence-corrected chi connectivity index (χ2v) is 7.68. The third kappa shape index (κ3) is 4.86. The van der Waals surface area contributed by atoms with Crippen LogP contribution in [0.5, 0.6) is 0 Å². The highest BCUT2D eigenvalue weighted by Crippen LogP contribution is 2.24. The number of benzene rings is 1. The number of rotatable bonds is 8. The standard InChI is InChI=1S/C22H30N6/c1-16-17(2)24-27-22(20(16)15-23)28(3)13-9-5-8-12-19-14-21(26-25-19)18-10-6-4-7-11-18/h4,6-7,10-11,19,21,25-26H,5,8-9,12-14H2,1-3H3. The van der Waals surface area contributed by atoms with Gasteiger partial charge in [0.2, 0.25) is 0 Å². The molecule has 2 N–H and O–H groups in total. The van der Waals surface area contributed by atoms with Crippen molar-refractivity contribution in [3.63, 3.8) is 0 Å². The molecule has 28 heavy (non-hydrogen) atoms. The summed E-state index contributed by atoms with van der Waals surface area (Å²) in [5.74, 6) is 0.693. The predicted octanol–water partition coefficient (Wildman–Crippen LogP) is 3.57. The van der Waals surface area contributed by atoms with Crippen molar-refractivity contribution in [2.45, 2.75) is 58.0 Å². The summed E-state index contributed by atoms with van der Waals surface area (Å²) in [6.45, 7) is 4.71. The van der Waals surface area contributed by atoms with E-state index in [1.165, 1.54) is 24.8 Å². The zero-order chi connectivity index (χ0) is 19.9. The maximum Gasteiger partial charge on any atom is 0.169 e. The Morgan fingerprint density at radius 3 is 2.64 bits per heavy atom. The first-order valence-electron chi connectivity index (χ1n) is 10.1. The van der Waals surface area contributed by atoms with Crippen LogP contribution in [0.15, 0.2) is 30.3 Å². The van der Waals surface area contributed by atoms with Gasteiger partial charge < -0.3 is 4.90 Å². The number of hydrogen-bond donors (Lipinski definition) is 2. The van der Waals surface area contributed by atoms with Crippen molar-refractivity contribution in [2.24, 2.45) is 0 Å². The van der Waals surface area contributed by atoms with E-state index in [4.69, 9.17) is 0 Å². The van der Waals surface area contributed by atoms with Crippen molar-refractivity contribution in [1.82, 2.24) is 21.0 Å². The zero-order valence-corrected chi connectivity index (χ0v) is 17.1. The number of hydrazine groups is 1. The highest BCUT2D eigenvalue weighted by molar-refractivity contribution is 5.57. The molecule has 1 aliphatic heterocycles. The molecule has 1 saturated heterocycles. The number of anilines is 1. The van der Waals surface area contributed by atoms with Crippen molar-refractivity contribution < 1.29 is 0 Å². The van der Waals surface area contributed by atoms with Crippen molar-refractivity contribution in [3.05, 3.63) is 52.7 Å². The first kappa shape index (κ1) is 20.2. The molecule has 2 heterocycles. The van der Waals surface area contributed by atoms with Gasteiger partial charge in [-0.1, -0.05) is 43.2 Å². The molecule has 0 saturated carbocycles. The molecule has 2 unspecified atom stereocenters. The summed E-state index contributed by atoms with van der Waals surface area (Å²) < 4.78 is 0. The quantitative estimate of drug-likeness (QED) is 0.684. The number of aromatic nitrogens is 2. The van der Waals surface area contributed by atoms with Gasteiger partial charge in [-0.3, -0.25) is 10.9 Å². The molecule has 3 rings (SSSR count). The number of hydrogen-bond acceptors (Lipinski definition) is 6. The fourth-order valence-electron chi connectivity index (χ4n) is 3.74. The topological polar surface area (TPSA) is 76.9 Å². The summed E-state index contributed by atoms with van der Waals surface area (Å²) in [7, 11) is 1.99. The van der Waals surface area contributed by atoms with E-state index in [0.29, 0.717) is 23.5 Å². The largest absolute Gasteiger partial charge is 0.357 e. The van der Waals surface area contributed by atoms with E-state index in [1.807, 2.05) is 20.9 Å². The molecule has 148 valence electrons. The number of nitrogens with one attached hydrogen (secondary N) is 2. The highest BCUT2D eigenvalue weighted by Gasteiger charge is 2.24. The van der Waals surface area contributed by atoms with E-state index in [-0.39, 0.29) is 0 Å². The molecule has 0 amide bonds. The van der Waals surface area contributed by atoms with E-state index in [1.54, 1.807) is 0 Å².